The molecule has 86 valence electrons. The van der Waals surface area contributed by atoms with Gasteiger partial charge in [0.15, 0.2) is 0 Å². The molecular weight excluding hydrogens is 200 g/mol. The summed E-state index contributed by atoms with van der Waals surface area (Å²) in [5.74, 6) is 0.976. The second kappa shape index (κ2) is 4.51. The fraction of sp³-hybridized carbons (Fsp3) is 0.500. The van der Waals surface area contributed by atoms with Crippen molar-refractivity contribution in [1.29, 1.82) is 5.41 Å². The average molecular weight is 218 g/mol. The molecule has 1 fully saturated rings. The highest BCUT2D eigenvalue weighted by Gasteiger charge is 2.26. The normalized spacial score (nSPS) is 20.1. The van der Waals surface area contributed by atoms with Gasteiger partial charge in [-0.3, -0.25) is 5.41 Å². The molecule has 1 aliphatic heterocycles. The first-order valence-corrected chi connectivity index (χ1v) is 5.80. The molecule has 16 heavy (non-hydrogen) atoms. The Hall–Kier alpha value is -1.58. The Morgan fingerprint density at radius 3 is 3.19 bits per heavy atom. The van der Waals surface area contributed by atoms with E-state index in [-0.39, 0.29) is 5.84 Å². The molecule has 1 aromatic rings. The maximum atomic E-state index is 7.57. The number of pyridine rings is 1. The quantitative estimate of drug-likeness (QED) is 0.600. The lowest BCUT2D eigenvalue weighted by Crippen LogP contribution is -2.31. The van der Waals surface area contributed by atoms with Gasteiger partial charge in [-0.15, -0.1) is 0 Å². The molecular formula is C12H18N4. The van der Waals surface area contributed by atoms with Gasteiger partial charge in [-0.1, -0.05) is 6.92 Å². The molecule has 1 aromatic heterocycles. The standard InChI is InChI=1S/C12H18N4/c1-2-9-5-4-8-16(9)12-10(11(13)14)6-3-7-15-12/h3,6-7,9H,2,4-5,8H2,1H3,(H3,13,14). The van der Waals surface area contributed by atoms with Gasteiger partial charge in [-0.25, -0.2) is 4.98 Å². The van der Waals surface area contributed by atoms with Crippen molar-refractivity contribution in [3.8, 4) is 0 Å². The van der Waals surface area contributed by atoms with Gasteiger partial charge in [-0.05, 0) is 31.4 Å². The molecule has 2 heterocycles. The summed E-state index contributed by atoms with van der Waals surface area (Å²) in [5, 5.41) is 7.57. The molecule has 0 aliphatic carbocycles. The van der Waals surface area contributed by atoms with E-state index in [1.54, 1.807) is 6.20 Å². The number of nitrogen functional groups attached to an aromatic ring is 1. The van der Waals surface area contributed by atoms with E-state index in [1.165, 1.54) is 12.8 Å². The zero-order valence-corrected chi connectivity index (χ0v) is 9.61. The third-order valence-corrected chi connectivity index (χ3v) is 3.20. The molecule has 3 N–H and O–H groups in total. The molecule has 1 atom stereocenters. The van der Waals surface area contributed by atoms with Crippen molar-refractivity contribution < 1.29 is 0 Å². The highest BCUT2D eigenvalue weighted by molar-refractivity contribution is 5.99. The van der Waals surface area contributed by atoms with Crippen LogP contribution in [0.5, 0.6) is 0 Å². The van der Waals surface area contributed by atoms with E-state index in [0.29, 0.717) is 6.04 Å². The Bertz CT molecular complexity index is 388. The van der Waals surface area contributed by atoms with E-state index >= 15 is 0 Å². The molecule has 0 bridgehead atoms. The summed E-state index contributed by atoms with van der Waals surface area (Å²) >= 11 is 0. The number of anilines is 1. The topological polar surface area (TPSA) is 66.0 Å². The van der Waals surface area contributed by atoms with Crippen LogP contribution in [0.1, 0.15) is 31.7 Å². The second-order valence-corrected chi connectivity index (χ2v) is 4.19. The Balaban J connectivity index is 2.35. The molecule has 4 heteroatoms. The third-order valence-electron chi connectivity index (χ3n) is 3.20. The van der Waals surface area contributed by atoms with Gasteiger partial charge in [0, 0.05) is 18.8 Å². The largest absolute Gasteiger partial charge is 0.384 e. The minimum atomic E-state index is 0.102. The van der Waals surface area contributed by atoms with Crippen molar-refractivity contribution in [3.05, 3.63) is 23.9 Å². The van der Waals surface area contributed by atoms with Crippen LogP contribution >= 0.6 is 0 Å². The lowest BCUT2D eigenvalue weighted by molar-refractivity contribution is 0.640. The Morgan fingerprint density at radius 2 is 2.50 bits per heavy atom. The molecule has 0 amide bonds. The van der Waals surface area contributed by atoms with Gasteiger partial charge in [0.2, 0.25) is 0 Å². The molecule has 1 aliphatic rings. The van der Waals surface area contributed by atoms with Gasteiger partial charge >= 0.3 is 0 Å². The molecule has 4 nitrogen and oxygen atoms in total. The lowest BCUT2D eigenvalue weighted by Gasteiger charge is -2.26. The first kappa shape index (κ1) is 10.9. The third kappa shape index (κ3) is 1.87. The number of aromatic nitrogens is 1. The predicted molar refractivity (Wildman–Crippen MR) is 65.9 cm³/mol. The van der Waals surface area contributed by atoms with Gasteiger partial charge in [-0.2, -0.15) is 0 Å². The maximum absolute atomic E-state index is 7.57. The van der Waals surface area contributed by atoms with E-state index in [1.807, 2.05) is 12.1 Å². The molecule has 1 unspecified atom stereocenters. The first-order chi connectivity index (χ1) is 7.74. The highest BCUT2D eigenvalue weighted by Crippen LogP contribution is 2.27. The van der Waals surface area contributed by atoms with Crippen LogP contribution in [0.25, 0.3) is 0 Å². The summed E-state index contributed by atoms with van der Waals surface area (Å²) in [6.07, 6.45) is 5.30. The number of nitrogens with zero attached hydrogens (tertiary/aromatic N) is 2. The Kier molecular flexibility index (Phi) is 3.08. The fourth-order valence-corrected chi connectivity index (χ4v) is 2.38. The van der Waals surface area contributed by atoms with E-state index < -0.39 is 0 Å². The summed E-state index contributed by atoms with van der Waals surface area (Å²) in [6.45, 7) is 3.22. The summed E-state index contributed by atoms with van der Waals surface area (Å²) in [5.41, 5.74) is 6.34. The molecule has 1 saturated heterocycles. The summed E-state index contributed by atoms with van der Waals surface area (Å²) in [7, 11) is 0. The highest BCUT2D eigenvalue weighted by atomic mass is 15.2. The van der Waals surface area contributed by atoms with Crippen molar-refractivity contribution in [2.45, 2.75) is 32.2 Å². The predicted octanol–water partition coefficient (Wildman–Crippen LogP) is 1.74. The number of hydrogen-bond acceptors (Lipinski definition) is 3. The van der Waals surface area contributed by atoms with Crippen LogP contribution in [-0.4, -0.2) is 23.4 Å². The second-order valence-electron chi connectivity index (χ2n) is 4.19. The molecule has 0 saturated carbocycles. The summed E-state index contributed by atoms with van der Waals surface area (Å²) in [6, 6.07) is 4.25. The number of rotatable bonds is 3. The lowest BCUT2D eigenvalue weighted by atomic mass is 10.1. The van der Waals surface area contributed by atoms with Gasteiger partial charge in [0.1, 0.15) is 11.7 Å². The summed E-state index contributed by atoms with van der Waals surface area (Å²) in [4.78, 5) is 6.67. The van der Waals surface area contributed by atoms with Crippen molar-refractivity contribution >= 4 is 11.7 Å². The van der Waals surface area contributed by atoms with Gasteiger partial charge in [0.25, 0.3) is 0 Å². The van der Waals surface area contributed by atoms with Crippen molar-refractivity contribution in [2.24, 2.45) is 5.73 Å². The van der Waals surface area contributed by atoms with Crippen LogP contribution in [-0.2, 0) is 0 Å². The summed E-state index contributed by atoms with van der Waals surface area (Å²) < 4.78 is 0. The maximum Gasteiger partial charge on any atom is 0.139 e. The number of nitrogens with two attached hydrogens (primary N) is 1. The monoisotopic (exact) mass is 218 g/mol. The van der Waals surface area contributed by atoms with Crippen LogP contribution in [0.4, 0.5) is 5.82 Å². The van der Waals surface area contributed by atoms with Crippen LogP contribution < -0.4 is 10.6 Å². The number of hydrogen-bond donors (Lipinski definition) is 2. The van der Waals surface area contributed by atoms with Crippen LogP contribution in [0.15, 0.2) is 18.3 Å². The fourth-order valence-electron chi connectivity index (χ4n) is 2.38. The first-order valence-electron chi connectivity index (χ1n) is 5.80. The minimum absolute atomic E-state index is 0.102. The smallest absolute Gasteiger partial charge is 0.139 e. The zero-order chi connectivity index (χ0) is 11.5. The van der Waals surface area contributed by atoms with Crippen molar-refractivity contribution in [1.82, 2.24) is 4.98 Å². The molecule has 2 rings (SSSR count). The number of nitrogens with one attached hydrogen (secondary N) is 1. The zero-order valence-electron chi connectivity index (χ0n) is 9.61. The minimum Gasteiger partial charge on any atom is -0.384 e. The molecule has 0 radical (unpaired) electrons. The number of amidine groups is 1. The van der Waals surface area contributed by atoms with E-state index in [0.717, 1.165) is 24.3 Å². The van der Waals surface area contributed by atoms with Crippen LogP contribution in [0.2, 0.25) is 0 Å². The molecule has 0 aromatic carbocycles. The Labute approximate surface area is 96.0 Å². The Morgan fingerprint density at radius 1 is 1.69 bits per heavy atom. The van der Waals surface area contributed by atoms with Crippen molar-refractivity contribution in [2.75, 3.05) is 11.4 Å². The van der Waals surface area contributed by atoms with Gasteiger partial charge < -0.3 is 10.6 Å². The van der Waals surface area contributed by atoms with Crippen LogP contribution in [0.3, 0.4) is 0 Å². The van der Waals surface area contributed by atoms with Crippen LogP contribution in [0, 0.1) is 5.41 Å². The van der Waals surface area contributed by atoms with E-state index in [9.17, 15) is 0 Å². The van der Waals surface area contributed by atoms with E-state index in [4.69, 9.17) is 11.1 Å². The SMILES string of the molecule is CCC1CCCN1c1ncccc1C(=N)N. The average Bonchev–Trinajstić information content (AvgIpc) is 2.76. The molecule has 0 spiro atoms. The van der Waals surface area contributed by atoms with Crippen molar-refractivity contribution in [3.63, 3.8) is 0 Å². The van der Waals surface area contributed by atoms with E-state index in [2.05, 4.69) is 16.8 Å². The van der Waals surface area contributed by atoms with Gasteiger partial charge in [0.05, 0.1) is 5.56 Å².